The molecule has 27 N–H and O–H groups in total. The van der Waals surface area contributed by atoms with Crippen molar-refractivity contribution >= 4 is 149 Å². The van der Waals surface area contributed by atoms with Gasteiger partial charge in [0.15, 0.2) is 111 Å². The van der Waals surface area contributed by atoms with Crippen molar-refractivity contribution < 1.29 is 45.4 Å². The highest BCUT2D eigenvalue weighted by molar-refractivity contribution is 7.10. The van der Waals surface area contributed by atoms with Gasteiger partial charge in [0.2, 0.25) is 0 Å². The van der Waals surface area contributed by atoms with E-state index in [1.807, 2.05) is 227 Å². The number of amidine groups is 1. The zero-order valence-corrected chi connectivity index (χ0v) is 77.6. The highest BCUT2D eigenvalue weighted by Gasteiger charge is 2.28. The van der Waals surface area contributed by atoms with Crippen LogP contribution in [0.5, 0.6) is 0 Å². The summed E-state index contributed by atoms with van der Waals surface area (Å²) >= 11 is 9.50. The number of thiophene rings is 2. The summed E-state index contributed by atoms with van der Waals surface area (Å²) in [4.78, 5) is 31.1. The lowest BCUT2D eigenvalue weighted by atomic mass is 10.1. The van der Waals surface area contributed by atoms with E-state index in [2.05, 4.69) is 159 Å². The summed E-state index contributed by atoms with van der Waals surface area (Å²) in [6, 6.07) is 34.9. The molecule has 0 bridgehead atoms. The second-order valence-corrected chi connectivity index (χ2v) is 33.9. The molecule has 134 heavy (non-hydrogen) atoms. The SMILES string of the molecule is C[n+]1ccc2c(ccn2Cc2c(F)cc(C(=N)N)cc2Cl)c1.C[n+]1ccc2n1CCN2Cc1cc(N=C(N)N)co1.C[n+]1ccc2n1CCN2Cc1cc(N=C(N)N)cs1.Cn1ccc2n1cc[n+]2CCCN=C(N)N.Cn1ccc2n1cc[n+]2Cc1cc(N=C(N)N)co1.Cn1ccc2n1cc[n+]2Cc1cc(N=C(N)N)cs1.Cn1ccc2n1cc[n+]2Cc1ccc(N=C(N)N)cc1. The first kappa shape index (κ1) is 93.6. The van der Waals surface area contributed by atoms with Gasteiger partial charge in [0, 0.05) is 164 Å². The molecule has 2 aromatic carbocycles. The van der Waals surface area contributed by atoms with Crippen molar-refractivity contribution in [2.45, 2.75) is 65.3 Å². The number of halogens is 2. The van der Waals surface area contributed by atoms with Crippen LogP contribution in [0, 0.1) is 11.2 Å². The fraction of sp³-hybridized carbons (Fsp3) is 0.227. The summed E-state index contributed by atoms with van der Waals surface area (Å²) in [6.07, 6.45) is 38.4. The Bertz CT molecular complexity index is 7020. The molecule has 20 rings (SSSR count). The van der Waals surface area contributed by atoms with Crippen LogP contribution in [0.15, 0.2) is 277 Å². The van der Waals surface area contributed by atoms with Crippen LogP contribution >= 0.6 is 34.3 Å². The Labute approximate surface area is 781 Å². The van der Waals surface area contributed by atoms with Gasteiger partial charge in [-0.1, -0.05) is 23.7 Å². The van der Waals surface area contributed by atoms with Crippen LogP contribution in [-0.2, 0) is 108 Å². The van der Waals surface area contributed by atoms with Gasteiger partial charge < -0.3 is 97.7 Å². The van der Waals surface area contributed by atoms with E-state index >= 15 is 0 Å². The van der Waals surface area contributed by atoms with Gasteiger partial charge in [0.25, 0.3) is 0 Å². The number of aromatic nitrogens is 18. The van der Waals surface area contributed by atoms with Crippen molar-refractivity contribution in [1.82, 2.24) is 50.7 Å². The first-order valence-corrected chi connectivity index (χ1v) is 44.3. The molecule has 2 aliphatic rings. The molecule has 0 atom stereocenters. The molecule has 2 aliphatic heterocycles. The number of rotatable bonds is 22. The van der Waals surface area contributed by atoms with Crippen LogP contribution in [-0.4, -0.2) is 112 Å². The van der Waals surface area contributed by atoms with Crippen LogP contribution < -0.4 is 117 Å². The Morgan fingerprint density at radius 3 is 1.43 bits per heavy atom. The third kappa shape index (κ3) is 23.3. The lowest BCUT2D eigenvalue weighted by molar-refractivity contribution is -0.751. The van der Waals surface area contributed by atoms with Crippen LogP contribution in [0.4, 0.5) is 44.5 Å². The van der Waals surface area contributed by atoms with Gasteiger partial charge in [-0.15, -0.1) is 59.5 Å². The molecule has 16 aromatic heterocycles. The summed E-state index contributed by atoms with van der Waals surface area (Å²) in [6.45, 7) is 9.79. The maximum Gasteiger partial charge on any atom is 0.307 e. The number of aryl methyl sites for hydroxylation is 8. The van der Waals surface area contributed by atoms with Gasteiger partial charge in [0.1, 0.15) is 98.5 Å². The standard InChI is InChI=1S/C16H15ClFN4.C14H17N6.C12H17N6O.C12H15N6O.C12H17N6S.C12H15N6S.C10H17N6/c1-21-4-3-15-10(8-21)2-5-22(15)9-12-13(17)6-11(16(19)20)7-14(12)18;1-18-7-6-13-19(8-9-20(13)18)10-11-2-4-12(5-3-11)17-14(15)16;4*1-16-3-2-11-17(4-5-18(11)16)7-10-6-9(8-19-10)15-12(13)14;1-14-6-3-9-15(7-8-16(9)14)5-2-4-13-10(11)12/h2-8H,9H2,1H3,(H3,19,20);2-9H,10H2,1H3,(H4,15,16,17);2-3,6,8H,4-5,7H2,1H3,(H4,13,14,15);2-6,8H,7H2,1H3,(H4,13,14,15);2-3,6,8H,4-5,7H2,1H3,(H4,13,14,15);2-6,8H,7H2,1H3,(H4,13,14,15);3,6-8H,2,4-5H2,1H3,(H4,11,12,13)/q7*+1. The first-order valence-electron chi connectivity index (χ1n) is 42.2. The average Bonchev–Trinajstić information content (AvgIpc) is 1.69. The number of nitrogens with one attached hydrogen (secondary N) is 1. The summed E-state index contributed by atoms with van der Waals surface area (Å²) in [5.74, 6) is 3.92. The molecular formula is C88H113ClFN40O2S2+7. The van der Waals surface area contributed by atoms with Gasteiger partial charge in [0.05, 0.1) is 79.4 Å². The Morgan fingerprint density at radius 1 is 0.448 bits per heavy atom. The number of hydrogen-bond donors (Lipinski definition) is 14. The predicted octanol–water partition coefficient (Wildman–Crippen LogP) is 3.16. The molecule has 0 unspecified atom stereocenters. The lowest BCUT2D eigenvalue weighted by Gasteiger charge is -2.13. The number of hydrogen-bond acceptors (Lipinski definition) is 13. The summed E-state index contributed by atoms with van der Waals surface area (Å²) in [5, 5.41) is 12.6. The monoisotopic (exact) mass is 1880 g/mol. The third-order valence-corrected chi connectivity index (χ3v) is 23.9. The van der Waals surface area contributed by atoms with Crippen molar-refractivity contribution in [3.05, 3.63) is 287 Å². The van der Waals surface area contributed by atoms with Crippen molar-refractivity contribution in [3.63, 3.8) is 0 Å². The highest BCUT2D eigenvalue weighted by Crippen LogP contribution is 2.30. The quantitative estimate of drug-likeness (QED) is 0.0200. The summed E-state index contributed by atoms with van der Waals surface area (Å²) in [5.41, 5.74) is 80.5. The van der Waals surface area contributed by atoms with E-state index in [0.717, 1.165) is 115 Å². The number of benzene rings is 2. The van der Waals surface area contributed by atoms with Crippen LogP contribution in [0.2, 0.25) is 5.02 Å². The fourth-order valence-electron chi connectivity index (χ4n) is 15.4. The molecule has 18 heterocycles. The number of nitrogens with zero attached hydrogens (tertiary/aromatic N) is 26. The first-order chi connectivity index (χ1) is 64.3. The largest absolute Gasteiger partial charge is 0.465 e. The van der Waals surface area contributed by atoms with Gasteiger partial charge in [-0.05, 0) is 48.0 Å². The summed E-state index contributed by atoms with van der Waals surface area (Å²) < 4.78 is 62.8. The number of pyridine rings is 1. The molecule has 18 aromatic rings. The number of fused-ring (bicyclic) bond motifs is 7. The number of imidazole rings is 4. The minimum atomic E-state index is -0.457. The Balaban J connectivity index is 0.000000126. The van der Waals surface area contributed by atoms with E-state index in [4.69, 9.17) is 100 Å². The van der Waals surface area contributed by atoms with Crippen LogP contribution in [0.25, 0.3) is 33.5 Å². The molecule has 0 aliphatic carbocycles. The number of guanidine groups is 6. The zero-order chi connectivity index (χ0) is 95.1. The molecule has 0 fully saturated rings. The minimum absolute atomic E-state index is 0.0225. The molecule has 0 saturated carbocycles. The predicted molar refractivity (Wildman–Crippen MR) is 517 cm³/mol. The Kier molecular flexibility index (Phi) is 29.2. The smallest absolute Gasteiger partial charge is 0.307 e. The molecule has 696 valence electrons. The second kappa shape index (κ2) is 41.9. The molecule has 0 saturated heterocycles. The molecule has 0 amide bonds. The highest BCUT2D eigenvalue weighted by atomic mass is 35.5. The van der Waals surface area contributed by atoms with Gasteiger partial charge in [-0.2, -0.15) is 0 Å². The third-order valence-electron chi connectivity index (χ3n) is 21.7. The molecule has 42 nitrogen and oxygen atoms in total. The molecule has 0 spiro atoms. The van der Waals surface area contributed by atoms with Gasteiger partial charge in [-0.3, -0.25) is 10.4 Å². The van der Waals surface area contributed by atoms with Crippen molar-refractivity contribution in [2.24, 2.45) is 154 Å². The van der Waals surface area contributed by atoms with Crippen molar-refractivity contribution in [2.75, 3.05) is 29.4 Å². The maximum atomic E-state index is 14.3. The number of nitrogen functional groups attached to an aromatic ring is 1. The normalized spacial score (nSPS) is 11.7. The fourth-order valence-corrected chi connectivity index (χ4v) is 17.3. The Hall–Kier alpha value is -16.6. The maximum absolute atomic E-state index is 14.3. The van der Waals surface area contributed by atoms with Gasteiger partial charge >= 0.3 is 22.6 Å². The molecule has 46 heteroatoms. The van der Waals surface area contributed by atoms with Crippen LogP contribution in [0.3, 0.4) is 0 Å². The number of aliphatic imine (C=N–C) groups is 6. The average molecular weight is 1880 g/mol. The number of furan rings is 2. The van der Waals surface area contributed by atoms with Crippen LogP contribution in [0.1, 0.15) is 44.4 Å². The van der Waals surface area contributed by atoms with Crippen molar-refractivity contribution in [3.8, 4) is 0 Å². The summed E-state index contributed by atoms with van der Waals surface area (Å²) in [7, 11) is 14.1. The number of nitrogens with two attached hydrogens (primary N) is 13. The van der Waals surface area contributed by atoms with E-state index in [9.17, 15) is 4.39 Å². The van der Waals surface area contributed by atoms with Crippen molar-refractivity contribution in [1.29, 1.82) is 5.41 Å². The lowest BCUT2D eigenvalue weighted by Crippen LogP contribution is -2.37. The van der Waals surface area contributed by atoms with E-state index in [-0.39, 0.29) is 52.2 Å². The molecular weight excluding hydrogens is 1770 g/mol. The van der Waals surface area contributed by atoms with E-state index in [1.165, 1.54) is 51.0 Å². The van der Waals surface area contributed by atoms with E-state index in [0.29, 0.717) is 43.1 Å². The van der Waals surface area contributed by atoms with E-state index < -0.39 is 5.82 Å². The van der Waals surface area contributed by atoms with E-state index in [1.54, 1.807) is 28.9 Å². The number of anilines is 2. The van der Waals surface area contributed by atoms with Gasteiger partial charge in [-0.25, -0.2) is 70.9 Å². The topological polar surface area (TPSA) is 548 Å². The second-order valence-electron chi connectivity index (χ2n) is 31.5. The zero-order valence-electron chi connectivity index (χ0n) is 75.2. The Morgan fingerprint density at radius 2 is 0.910 bits per heavy atom. The minimum Gasteiger partial charge on any atom is -0.465 e. The molecule has 0 radical (unpaired) electrons.